The van der Waals surface area contributed by atoms with Crippen molar-refractivity contribution in [1.82, 2.24) is 0 Å². The molecule has 0 N–H and O–H groups in total. The van der Waals surface area contributed by atoms with E-state index >= 15 is 0 Å². The van der Waals surface area contributed by atoms with Crippen LogP contribution in [0.5, 0.6) is 0 Å². The topological polar surface area (TPSA) is 19.9 Å². The predicted molar refractivity (Wildman–Crippen MR) is 79.8 cm³/mol. The smallest absolute Gasteiger partial charge is 0.129 e. The van der Waals surface area contributed by atoms with Crippen LogP contribution >= 0.6 is 0 Å². The van der Waals surface area contributed by atoms with E-state index in [0.29, 0.717) is 0 Å². The molecule has 19 heavy (non-hydrogen) atoms. The minimum absolute atomic E-state index is 0.817. The molecule has 1 heteroatoms. The molecule has 1 aromatic rings. The molecule has 1 aliphatic carbocycles. The van der Waals surface area contributed by atoms with Gasteiger partial charge in [-0.15, -0.1) is 0 Å². The average Bonchev–Trinajstić information content (AvgIpc) is 2.40. The first-order valence-corrected chi connectivity index (χ1v) is 7.91. The highest BCUT2D eigenvalue weighted by Gasteiger charge is 2.32. The van der Waals surface area contributed by atoms with E-state index in [0.717, 1.165) is 31.2 Å². The molecule has 0 unspecified atom stereocenters. The molecule has 1 fully saturated rings. The van der Waals surface area contributed by atoms with Gasteiger partial charge in [-0.1, -0.05) is 63.1 Å². The minimum Gasteiger partial charge on any atom is -0.224 e. The second-order valence-corrected chi connectivity index (χ2v) is 6.22. The first-order valence-electron chi connectivity index (χ1n) is 7.91. The zero-order valence-electron chi connectivity index (χ0n) is 12.5. The Labute approximate surface area is 118 Å². The van der Waals surface area contributed by atoms with Gasteiger partial charge in [-0.3, -0.25) is 0 Å². The highest BCUT2D eigenvalue weighted by Crippen LogP contribution is 2.37. The Balaban J connectivity index is 2.23. The normalized spacial score (nSPS) is 21.0. The van der Waals surface area contributed by atoms with E-state index in [-0.39, 0.29) is 0 Å². The molecule has 0 amide bonds. The maximum absolute atomic E-state index is 13.3. The van der Waals surface area contributed by atoms with Crippen molar-refractivity contribution in [3.05, 3.63) is 34.9 Å². The van der Waals surface area contributed by atoms with Crippen molar-refractivity contribution < 1.29 is 5.11 Å². The van der Waals surface area contributed by atoms with Crippen LogP contribution in [0.25, 0.3) is 0 Å². The predicted octanol–water partition coefficient (Wildman–Crippen LogP) is 5.45. The second-order valence-electron chi connectivity index (χ2n) is 6.22. The highest BCUT2D eigenvalue weighted by atomic mass is 16.3. The number of rotatable bonds is 1. The third kappa shape index (κ3) is 3.60. The van der Waals surface area contributed by atoms with Crippen molar-refractivity contribution in [3.8, 4) is 0 Å². The number of benzene rings is 1. The van der Waals surface area contributed by atoms with Gasteiger partial charge in [0.05, 0.1) is 0 Å². The first-order chi connectivity index (χ1) is 9.13. The van der Waals surface area contributed by atoms with E-state index in [2.05, 4.69) is 32.0 Å². The summed E-state index contributed by atoms with van der Waals surface area (Å²) in [6.07, 6.45) is 10.3. The fourth-order valence-corrected chi connectivity index (χ4v) is 3.34. The van der Waals surface area contributed by atoms with E-state index in [4.69, 9.17) is 0 Å². The molecule has 0 atom stereocenters. The summed E-state index contributed by atoms with van der Waals surface area (Å²) in [6.45, 7) is 4.23. The van der Waals surface area contributed by atoms with Gasteiger partial charge in [0.15, 0.2) is 0 Å². The molecule has 1 radical (unpaired) electrons. The van der Waals surface area contributed by atoms with Crippen LogP contribution in [0.4, 0.5) is 0 Å². The van der Waals surface area contributed by atoms with Crippen molar-refractivity contribution >= 4 is 0 Å². The summed E-state index contributed by atoms with van der Waals surface area (Å²) < 4.78 is 0. The molecule has 105 valence electrons. The largest absolute Gasteiger partial charge is 0.224 e. The van der Waals surface area contributed by atoms with Crippen LogP contribution in [0.1, 0.15) is 74.5 Å². The number of aryl methyl sites for hydroxylation is 1. The van der Waals surface area contributed by atoms with Gasteiger partial charge >= 0.3 is 0 Å². The molecule has 1 saturated carbocycles. The molecule has 2 rings (SSSR count). The first kappa shape index (κ1) is 14.6. The Morgan fingerprint density at radius 1 is 0.842 bits per heavy atom. The molecular formula is C18H27O. The van der Waals surface area contributed by atoms with E-state index in [9.17, 15) is 5.11 Å². The molecule has 1 aromatic carbocycles. The molecule has 0 spiro atoms. The quantitative estimate of drug-likeness (QED) is 0.638. The van der Waals surface area contributed by atoms with Crippen LogP contribution in [0.15, 0.2) is 18.2 Å². The summed E-state index contributed by atoms with van der Waals surface area (Å²) in [5.41, 5.74) is 2.69. The van der Waals surface area contributed by atoms with Gasteiger partial charge in [-0.05, 0) is 43.4 Å². The number of hydrogen-bond donors (Lipinski definition) is 0. The highest BCUT2D eigenvalue weighted by molar-refractivity contribution is 5.37. The molecule has 1 nitrogen and oxygen atoms in total. The van der Waals surface area contributed by atoms with E-state index in [1.54, 1.807) is 0 Å². The fraction of sp³-hybridized carbons (Fsp3) is 0.667. The lowest BCUT2D eigenvalue weighted by atomic mass is 9.80. The third-order valence-corrected chi connectivity index (χ3v) is 4.76. The standard InChI is InChI=1S/C18H27O/c1-15-11-10-12-17(16(15)2)18(19)13-8-6-4-3-5-7-9-14-18/h10-12H,3-9,13-14H2,1-2H3. The molecular weight excluding hydrogens is 232 g/mol. The Hall–Kier alpha value is -0.820. The fourth-order valence-electron chi connectivity index (χ4n) is 3.34. The lowest BCUT2D eigenvalue weighted by molar-refractivity contribution is -0.0547. The van der Waals surface area contributed by atoms with E-state index in [1.165, 1.54) is 43.2 Å². The zero-order valence-corrected chi connectivity index (χ0v) is 12.5. The summed E-state index contributed by atoms with van der Waals surface area (Å²) in [5.74, 6) is 0. The maximum Gasteiger partial charge on any atom is 0.129 e. The Kier molecular flexibility index (Phi) is 5.04. The summed E-state index contributed by atoms with van der Waals surface area (Å²) in [6, 6.07) is 6.24. The second kappa shape index (κ2) is 6.56. The zero-order chi connectivity index (χ0) is 13.7. The third-order valence-electron chi connectivity index (χ3n) is 4.76. The van der Waals surface area contributed by atoms with Gasteiger partial charge in [0.2, 0.25) is 0 Å². The van der Waals surface area contributed by atoms with Gasteiger partial charge in [-0.2, -0.15) is 0 Å². The molecule has 1 aliphatic rings. The summed E-state index contributed by atoms with van der Waals surface area (Å²) in [5, 5.41) is 13.3. The van der Waals surface area contributed by atoms with Crippen molar-refractivity contribution in [2.75, 3.05) is 0 Å². The van der Waals surface area contributed by atoms with E-state index < -0.39 is 5.60 Å². The van der Waals surface area contributed by atoms with Crippen LogP contribution < -0.4 is 0 Å². The SMILES string of the molecule is Cc1cccc(C2([O])CCCCCCCCC2)c1C. The van der Waals surface area contributed by atoms with Gasteiger partial charge in [0.25, 0.3) is 0 Å². The molecule has 0 aliphatic heterocycles. The van der Waals surface area contributed by atoms with Crippen LogP contribution in [0.3, 0.4) is 0 Å². The van der Waals surface area contributed by atoms with Gasteiger partial charge in [0, 0.05) is 0 Å². The van der Waals surface area contributed by atoms with Crippen LogP contribution in [0, 0.1) is 13.8 Å². The van der Waals surface area contributed by atoms with Crippen molar-refractivity contribution in [3.63, 3.8) is 0 Å². The number of hydrogen-bond acceptors (Lipinski definition) is 0. The Bertz CT molecular complexity index is 398. The Morgan fingerprint density at radius 3 is 1.95 bits per heavy atom. The molecule has 0 saturated heterocycles. The van der Waals surface area contributed by atoms with Gasteiger partial charge in [-0.25, -0.2) is 5.11 Å². The van der Waals surface area contributed by atoms with Crippen LogP contribution in [-0.2, 0) is 10.7 Å². The summed E-state index contributed by atoms with van der Waals surface area (Å²) in [4.78, 5) is 0. The lowest BCUT2D eigenvalue weighted by Crippen LogP contribution is -2.26. The van der Waals surface area contributed by atoms with Crippen LogP contribution in [0.2, 0.25) is 0 Å². The van der Waals surface area contributed by atoms with Gasteiger partial charge < -0.3 is 0 Å². The van der Waals surface area contributed by atoms with E-state index in [1.807, 2.05) is 0 Å². The Morgan fingerprint density at radius 2 is 1.37 bits per heavy atom. The maximum atomic E-state index is 13.3. The molecule has 0 bridgehead atoms. The minimum atomic E-state index is -0.840. The summed E-state index contributed by atoms with van der Waals surface area (Å²) in [7, 11) is 0. The average molecular weight is 259 g/mol. The van der Waals surface area contributed by atoms with Crippen molar-refractivity contribution in [2.45, 2.75) is 77.2 Å². The molecule has 0 aromatic heterocycles. The van der Waals surface area contributed by atoms with Crippen molar-refractivity contribution in [2.24, 2.45) is 0 Å². The summed E-state index contributed by atoms with van der Waals surface area (Å²) >= 11 is 0. The van der Waals surface area contributed by atoms with Gasteiger partial charge in [0.1, 0.15) is 5.60 Å². The van der Waals surface area contributed by atoms with Crippen molar-refractivity contribution in [1.29, 1.82) is 0 Å². The van der Waals surface area contributed by atoms with Crippen LogP contribution in [-0.4, -0.2) is 0 Å². The lowest BCUT2D eigenvalue weighted by Gasteiger charge is -2.29. The monoisotopic (exact) mass is 259 g/mol. The molecule has 0 heterocycles.